The summed E-state index contributed by atoms with van der Waals surface area (Å²) in [5.74, 6) is 0.221. The summed E-state index contributed by atoms with van der Waals surface area (Å²) in [6.07, 6.45) is 4.66. The van der Waals surface area contributed by atoms with Gasteiger partial charge in [0.05, 0.1) is 11.4 Å². The highest BCUT2D eigenvalue weighted by Gasteiger charge is 2.29. The third-order valence-corrected chi connectivity index (χ3v) is 7.13. The average molecular weight is 423 g/mol. The van der Waals surface area contributed by atoms with Crippen molar-refractivity contribution in [2.24, 2.45) is 5.92 Å². The maximum Gasteiger partial charge on any atom is 0.0537 e. The molecule has 0 saturated heterocycles. The number of benzene rings is 5. The Labute approximate surface area is 192 Å². The molecule has 2 heteroatoms. The Bertz CT molecular complexity index is 1590. The fraction of sp³-hybridized carbons (Fsp3) is 0.0645. The van der Waals surface area contributed by atoms with Crippen LogP contribution in [0, 0.1) is 11.3 Å². The molecule has 0 amide bonds. The predicted molar refractivity (Wildman–Crippen MR) is 139 cm³/mol. The summed E-state index contributed by atoms with van der Waals surface area (Å²) >= 11 is 0. The highest BCUT2D eigenvalue weighted by Crippen LogP contribution is 2.51. The second-order valence-electron chi connectivity index (χ2n) is 8.93. The molecule has 156 valence electrons. The van der Waals surface area contributed by atoms with Crippen molar-refractivity contribution >= 4 is 39.1 Å². The number of fused-ring (bicyclic) bond motifs is 4. The number of nitrogens with one attached hydrogen (secondary N) is 1. The molecule has 2 aliphatic rings. The van der Waals surface area contributed by atoms with E-state index in [-0.39, 0.29) is 5.92 Å². The van der Waals surface area contributed by atoms with Gasteiger partial charge in [-0.05, 0) is 51.6 Å². The molecule has 5 aromatic carbocycles. The van der Waals surface area contributed by atoms with Gasteiger partial charge < -0.3 is 10.3 Å². The van der Waals surface area contributed by atoms with Crippen LogP contribution in [0.2, 0.25) is 0 Å². The van der Waals surface area contributed by atoms with Gasteiger partial charge >= 0.3 is 0 Å². The highest BCUT2D eigenvalue weighted by atomic mass is 15.2. The summed E-state index contributed by atoms with van der Waals surface area (Å²) in [5.41, 5.74) is 8.93. The molecule has 1 atom stereocenters. The van der Waals surface area contributed by atoms with E-state index in [2.05, 4.69) is 108 Å². The molecule has 1 unspecified atom stereocenters. The van der Waals surface area contributed by atoms with E-state index in [0.29, 0.717) is 0 Å². The molecule has 0 aliphatic heterocycles. The van der Waals surface area contributed by atoms with Gasteiger partial charge in [0.2, 0.25) is 0 Å². The smallest absolute Gasteiger partial charge is 0.0537 e. The van der Waals surface area contributed by atoms with Crippen molar-refractivity contribution in [1.82, 2.24) is 0 Å². The maximum atomic E-state index is 7.71. The Hall–Kier alpha value is -4.17. The van der Waals surface area contributed by atoms with E-state index < -0.39 is 0 Å². The molecule has 0 radical (unpaired) electrons. The Balaban J connectivity index is 1.53. The Morgan fingerprint density at radius 2 is 1.24 bits per heavy atom. The fourth-order valence-electron chi connectivity index (χ4n) is 5.56. The lowest BCUT2D eigenvalue weighted by Crippen LogP contribution is -2.26. The molecule has 2 aliphatic carbocycles. The van der Waals surface area contributed by atoms with Crippen molar-refractivity contribution in [3.05, 3.63) is 109 Å². The molecule has 2 nitrogen and oxygen atoms in total. The van der Waals surface area contributed by atoms with Crippen LogP contribution >= 0.6 is 0 Å². The molecular weight excluding hydrogens is 400 g/mol. The molecule has 1 N–H and O–H groups in total. The first-order chi connectivity index (χ1) is 16.3. The van der Waals surface area contributed by atoms with Crippen LogP contribution in [0.4, 0.5) is 11.4 Å². The van der Waals surface area contributed by atoms with Gasteiger partial charge in [0, 0.05) is 28.6 Å². The number of hydrogen-bond donors (Lipinski definition) is 1. The zero-order valence-electron chi connectivity index (χ0n) is 18.1. The van der Waals surface area contributed by atoms with Crippen molar-refractivity contribution in [3.8, 4) is 22.3 Å². The molecule has 0 aromatic heterocycles. The Morgan fingerprint density at radius 3 is 2.06 bits per heavy atom. The topological polar surface area (TPSA) is 27.1 Å². The van der Waals surface area contributed by atoms with Crippen LogP contribution in [0.5, 0.6) is 0 Å². The molecule has 0 bridgehead atoms. The van der Waals surface area contributed by atoms with Crippen LogP contribution in [0.3, 0.4) is 0 Å². The quantitative estimate of drug-likeness (QED) is 0.284. The molecule has 0 spiro atoms. The van der Waals surface area contributed by atoms with Crippen LogP contribution in [0.25, 0.3) is 43.8 Å². The SMILES string of the molecule is N=CC1C=C(N(c2cccc3ccccc23)c2ccc3c4c(cccc24)-c2ccccc2-3)C1. The second-order valence-corrected chi connectivity index (χ2v) is 8.93. The maximum absolute atomic E-state index is 7.71. The third kappa shape index (κ3) is 2.58. The average Bonchev–Trinajstić information content (AvgIpc) is 3.17. The van der Waals surface area contributed by atoms with Crippen LogP contribution < -0.4 is 4.90 Å². The highest BCUT2D eigenvalue weighted by molar-refractivity contribution is 6.19. The van der Waals surface area contributed by atoms with E-state index in [9.17, 15) is 0 Å². The zero-order valence-corrected chi connectivity index (χ0v) is 18.1. The number of anilines is 2. The number of allylic oxidation sites excluding steroid dienone is 2. The standard InChI is InChI=1S/C31H22N2/c32-19-20-17-22(18-20)33(29-14-5-8-21-7-1-2-9-23(21)29)30-16-15-27-25-11-4-3-10-24(25)26-12-6-13-28(30)31(26)27/h1-17,19-20,32H,18H2. The fourth-order valence-corrected chi connectivity index (χ4v) is 5.56. The van der Waals surface area contributed by atoms with Crippen molar-refractivity contribution in [3.63, 3.8) is 0 Å². The van der Waals surface area contributed by atoms with Gasteiger partial charge in [0.15, 0.2) is 0 Å². The van der Waals surface area contributed by atoms with Crippen LogP contribution in [0.1, 0.15) is 6.42 Å². The van der Waals surface area contributed by atoms with Gasteiger partial charge in [-0.15, -0.1) is 0 Å². The molecular formula is C31H22N2. The number of hydrogen-bond acceptors (Lipinski definition) is 2. The minimum atomic E-state index is 0.221. The van der Waals surface area contributed by atoms with E-state index in [1.54, 1.807) is 6.21 Å². The minimum Gasteiger partial charge on any atom is -0.313 e. The van der Waals surface area contributed by atoms with E-state index in [4.69, 9.17) is 5.41 Å². The lowest BCUT2D eigenvalue weighted by Gasteiger charge is -2.36. The molecule has 5 aromatic rings. The van der Waals surface area contributed by atoms with Crippen LogP contribution in [0.15, 0.2) is 109 Å². The molecule has 0 fully saturated rings. The van der Waals surface area contributed by atoms with Gasteiger partial charge in [-0.3, -0.25) is 0 Å². The Kier molecular flexibility index (Phi) is 3.86. The molecule has 33 heavy (non-hydrogen) atoms. The lowest BCUT2D eigenvalue weighted by molar-refractivity contribution is 0.734. The molecule has 7 rings (SSSR count). The van der Waals surface area contributed by atoms with Gasteiger partial charge in [-0.1, -0.05) is 91.0 Å². The van der Waals surface area contributed by atoms with E-state index in [1.165, 1.54) is 60.9 Å². The summed E-state index contributed by atoms with van der Waals surface area (Å²) in [4.78, 5) is 2.42. The van der Waals surface area contributed by atoms with Crippen molar-refractivity contribution in [1.29, 1.82) is 5.41 Å². The first kappa shape index (κ1) is 18.4. The second kappa shape index (κ2) is 6.91. The largest absolute Gasteiger partial charge is 0.313 e. The summed E-state index contributed by atoms with van der Waals surface area (Å²) in [5, 5.41) is 12.8. The zero-order chi connectivity index (χ0) is 21.9. The lowest BCUT2D eigenvalue weighted by atomic mass is 9.89. The number of nitrogens with zero attached hydrogens (tertiary/aromatic N) is 1. The molecule has 0 heterocycles. The predicted octanol–water partition coefficient (Wildman–Crippen LogP) is 8.33. The summed E-state index contributed by atoms with van der Waals surface area (Å²) in [6.45, 7) is 0. The summed E-state index contributed by atoms with van der Waals surface area (Å²) in [7, 11) is 0. The van der Waals surface area contributed by atoms with Crippen molar-refractivity contribution < 1.29 is 0 Å². The van der Waals surface area contributed by atoms with E-state index in [0.717, 1.165) is 6.42 Å². The summed E-state index contributed by atoms with van der Waals surface area (Å²) < 4.78 is 0. The van der Waals surface area contributed by atoms with Crippen molar-refractivity contribution in [2.75, 3.05) is 4.90 Å². The van der Waals surface area contributed by atoms with Gasteiger partial charge in [0.25, 0.3) is 0 Å². The van der Waals surface area contributed by atoms with Crippen molar-refractivity contribution in [2.45, 2.75) is 6.42 Å². The minimum absolute atomic E-state index is 0.221. The van der Waals surface area contributed by atoms with E-state index >= 15 is 0 Å². The monoisotopic (exact) mass is 422 g/mol. The van der Waals surface area contributed by atoms with Gasteiger partial charge in [0.1, 0.15) is 0 Å². The molecule has 0 saturated carbocycles. The third-order valence-electron chi connectivity index (χ3n) is 7.13. The van der Waals surface area contributed by atoms with E-state index in [1.807, 2.05) is 0 Å². The first-order valence-corrected chi connectivity index (χ1v) is 11.5. The van der Waals surface area contributed by atoms with Gasteiger partial charge in [-0.25, -0.2) is 0 Å². The van der Waals surface area contributed by atoms with Gasteiger partial charge in [-0.2, -0.15) is 0 Å². The number of rotatable bonds is 4. The van der Waals surface area contributed by atoms with Crippen LogP contribution in [-0.2, 0) is 0 Å². The summed E-state index contributed by atoms with van der Waals surface area (Å²) in [6, 6.07) is 35.1. The van der Waals surface area contributed by atoms with Crippen LogP contribution in [-0.4, -0.2) is 6.21 Å². The first-order valence-electron chi connectivity index (χ1n) is 11.5. The normalized spacial score (nSPS) is 15.8. The Morgan fingerprint density at radius 1 is 0.636 bits per heavy atom.